The average Bonchev–Trinajstić information content (AvgIpc) is 3.04. The summed E-state index contributed by atoms with van der Waals surface area (Å²) in [6.45, 7) is 0. The smallest absolute Gasteiger partial charge is 0.226 e. The number of hydrogen-bond acceptors (Lipinski definition) is 3. The highest BCUT2D eigenvalue weighted by Crippen LogP contribution is 2.32. The fraction of sp³-hybridized carbons (Fsp3) is 0.0588. The van der Waals surface area contributed by atoms with Crippen LogP contribution >= 0.6 is 38.5 Å². The standard InChI is InChI=1S/C17H12BrIN4/c18-13-5-1-12(2-6-13)16-9-15(11-3-7-14(19)8-4-11)22-17-20-10-21-23(16)17/h1-10,16H,(H,20,21,22)/t16-/m1/s1. The molecule has 0 amide bonds. The van der Waals surface area contributed by atoms with Gasteiger partial charge in [0.05, 0.1) is 0 Å². The Kier molecular flexibility index (Phi) is 3.94. The van der Waals surface area contributed by atoms with Crippen molar-refractivity contribution in [3.63, 3.8) is 0 Å². The van der Waals surface area contributed by atoms with Crippen LogP contribution in [0.3, 0.4) is 0 Å². The van der Waals surface area contributed by atoms with Gasteiger partial charge in [0, 0.05) is 13.7 Å². The second-order valence-corrected chi connectivity index (χ2v) is 7.40. The van der Waals surface area contributed by atoms with E-state index in [1.165, 1.54) is 9.13 Å². The lowest BCUT2D eigenvalue weighted by Gasteiger charge is -2.24. The van der Waals surface area contributed by atoms with E-state index < -0.39 is 0 Å². The van der Waals surface area contributed by atoms with Crippen molar-refractivity contribution in [3.05, 3.63) is 80.1 Å². The first-order valence-corrected chi connectivity index (χ1v) is 8.97. The van der Waals surface area contributed by atoms with E-state index in [-0.39, 0.29) is 6.04 Å². The molecule has 3 aromatic rings. The lowest BCUT2D eigenvalue weighted by Crippen LogP contribution is -2.20. The molecule has 0 fully saturated rings. The molecule has 1 aliphatic rings. The van der Waals surface area contributed by atoms with Gasteiger partial charge in [0.1, 0.15) is 12.4 Å². The summed E-state index contributed by atoms with van der Waals surface area (Å²) in [6, 6.07) is 16.8. The fourth-order valence-corrected chi connectivity index (χ4v) is 3.25. The SMILES string of the molecule is Brc1ccc([C@H]2C=C(c3ccc(I)cc3)Nc3ncnn32)cc1. The van der Waals surface area contributed by atoms with Crippen molar-refractivity contribution < 1.29 is 0 Å². The topological polar surface area (TPSA) is 42.7 Å². The number of fused-ring (bicyclic) bond motifs is 1. The van der Waals surface area contributed by atoms with Gasteiger partial charge in [-0.25, -0.2) is 4.68 Å². The van der Waals surface area contributed by atoms with E-state index in [9.17, 15) is 0 Å². The Labute approximate surface area is 155 Å². The first kappa shape index (κ1) is 14.9. The van der Waals surface area contributed by atoms with E-state index in [2.05, 4.69) is 96.4 Å². The van der Waals surface area contributed by atoms with Gasteiger partial charge in [-0.3, -0.25) is 0 Å². The highest BCUT2D eigenvalue weighted by Gasteiger charge is 2.23. The van der Waals surface area contributed by atoms with E-state index in [1.54, 1.807) is 6.33 Å². The molecule has 4 rings (SSSR count). The Hall–Kier alpha value is -1.67. The van der Waals surface area contributed by atoms with Crippen molar-refractivity contribution in [2.24, 2.45) is 0 Å². The molecule has 0 aliphatic carbocycles. The molecule has 1 atom stereocenters. The fourth-order valence-electron chi connectivity index (χ4n) is 2.63. The van der Waals surface area contributed by atoms with E-state index in [0.29, 0.717) is 0 Å². The zero-order valence-electron chi connectivity index (χ0n) is 11.9. The van der Waals surface area contributed by atoms with Crippen LogP contribution in [0.15, 0.2) is 65.4 Å². The lowest BCUT2D eigenvalue weighted by atomic mass is 10.0. The molecule has 4 nitrogen and oxygen atoms in total. The van der Waals surface area contributed by atoms with Gasteiger partial charge in [-0.2, -0.15) is 10.1 Å². The third-order valence-electron chi connectivity index (χ3n) is 3.77. The minimum Gasteiger partial charge on any atom is -0.324 e. The highest BCUT2D eigenvalue weighted by atomic mass is 127. The summed E-state index contributed by atoms with van der Waals surface area (Å²) in [5, 5.41) is 7.73. The summed E-state index contributed by atoms with van der Waals surface area (Å²) in [5.74, 6) is 0.758. The number of anilines is 1. The third kappa shape index (κ3) is 2.92. The van der Waals surface area contributed by atoms with Crippen molar-refractivity contribution in [2.45, 2.75) is 6.04 Å². The predicted octanol–water partition coefficient (Wildman–Crippen LogP) is 4.70. The van der Waals surface area contributed by atoms with Crippen LogP contribution in [-0.2, 0) is 0 Å². The number of halogens is 2. The first-order chi connectivity index (χ1) is 11.2. The maximum Gasteiger partial charge on any atom is 0.226 e. The molecule has 2 aromatic carbocycles. The monoisotopic (exact) mass is 478 g/mol. The van der Waals surface area contributed by atoms with Crippen LogP contribution in [0.1, 0.15) is 17.2 Å². The second kappa shape index (κ2) is 6.09. The molecule has 0 saturated carbocycles. The molecule has 1 aromatic heterocycles. The molecular formula is C17H12BrIN4. The van der Waals surface area contributed by atoms with Crippen LogP contribution in [-0.4, -0.2) is 14.8 Å². The summed E-state index contributed by atoms with van der Waals surface area (Å²) >= 11 is 5.80. The number of benzene rings is 2. The summed E-state index contributed by atoms with van der Waals surface area (Å²) in [7, 11) is 0. The number of allylic oxidation sites excluding steroid dienone is 1. The van der Waals surface area contributed by atoms with Gasteiger partial charge in [0.2, 0.25) is 5.95 Å². The van der Waals surface area contributed by atoms with Gasteiger partial charge < -0.3 is 5.32 Å². The molecule has 0 radical (unpaired) electrons. The Bertz CT molecular complexity index is 868. The Morgan fingerprint density at radius 1 is 1.04 bits per heavy atom. The minimum atomic E-state index is 0.0242. The number of aromatic nitrogens is 3. The van der Waals surface area contributed by atoms with Crippen molar-refractivity contribution in [1.82, 2.24) is 14.8 Å². The van der Waals surface area contributed by atoms with Crippen molar-refractivity contribution >= 4 is 50.2 Å². The van der Waals surface area contributed by atoms with Gasteiger partial charge in [-0.05, 0) is 64.1 Å². The van der Waals surface area contributed by atoms with Gasteiger partial charge in [-0.1, -0.05) is 40.2 Å². The molecule has 0 saturated heterocycles. The summed E-state index contributed by atoms with van der Waals surface area (Å²) in [5.41, 5.74) is 3.36. The Balaban J connectivity index is 1.79. The highest BCUT2D eigenvalue weighted by molar-refractivity contribution is 14.1. The lowest BCUT2D eigenvalue weighted by molar-refractivity contribution is 0.612. The van der Waals surface area contributed by atoms with Gasteiger partial charge >= 0.3 is 0 Å². The van der Waals surface area contributed by atoms with E-state index in [0.717, 1.165) is 21.7 Å². The molecular weight excluding hydrogens is 467 g/mol. The van der Waals surface area contributed by atoms with Crippen LogP contribution in [0, 0.1) is 3.57 Å². The van der Waals surface area contributed by atoms with Crippen molar-refractivity contribution in [3.8, 4) is 0 Å². The molecule has 1 N–H and O–H groups in total. The van der Waals surface area contributed by atoms with E-state index in [4.69, 9.17) is 0 Å². The zero-order chi connectivity index (χ0) is 15.8. The van der Waals surface area contributed by atoms with Crippen LogP contribution in [0.4, 0.5) is 5.95 Å². The number of nitrogens with zero attached hydrogens (tertiary/aromatic N) is 3. The molecule has 0 unspecified atom stereocenters. The Morgan fingerprint density at radius 3 is 2.52 bits per heavy atom. The average molecular weight is 479 g/mol. The predicted molar refractivity (Wildman–Crippen MR) is 103 cm³/mol. The number of hydrogen-bond donors (Lipinski definition) is 1. The quantitative estimate of drug-likeness (QED) is 0.543. The van der Waals surface area contributed by atoms with Gasteiger partial charge in [0.15, 0.2) is 0 Å². The van der Waals surface area contributed by atoms with Crippen LogP contribution in [0.5, 0.6) is 0 Å². The molecule has 6 heteroatoms. The second-order valence-electron chi connectivity index (χ2n) is 5.24. The number of rotatable bonds is 2. The normalized spacial score (nSPS) is 16.4. The zero-order valence-corrected chi connectivity index (χ0v) is 15.7. The first-order valence-electron chi connectivity index (χ1n) is 7.10. The summed E-state index contributed by atoms with van der Waals surface area (Å²) < 4.78 is 4.19. The molecule has 0 bridgehead atoms. The van der Waals surface area contributed by atoms with Crippen LogP contribution in [0.25, 0.3) is 5.70 Å². The van der Waals surface area contributed by atoms with Crippen molar-refractivity contribution in [1.29, 1.82) is 0 Å². The molecule has 0 spiro atoms. The van der Waals surface area contributed by atoms with Crippen LogP contribution in [0.2, 0.25) is 0 Å². The summed E-state index contributed by atoms with van der Waals surface area (Å²) in [4.78, 5) is 4.33. The van der Waals surface area contributed by atoms with E-state index >= 15 is 0 Å². The summed E-state index contributed by atoms with van der Waals surface area (Å²) in [6.07, 6.45) is 3.77. The van der Waals surface area contributed by atoms with Gasteiger partial charge in [-0.15, -0.1) is 0 Å². The maximum atomic E-state index is 4.36. The largest absolute Gasteiger partial charge is 0.324 e. The van der Waals surface area contributed by atoms with Crippen molar-refractivity contribution in [2.75, 3.05) is 5.32 Å². The molecule has 2 heterocycles. The Morgan fingerprint density at radius 2 is 1.78 bits per heavy atom. The minimum absolute atomic E-state index is 0.0242. The van der Waals surface area contributed by atoms with E-state index in [1.807, 2.05) is 16.8 Å². The van der Waals surface area contributed by atoms with Gasteiger partial charge in [0.25, 0.3) is 0 Å². The molecule has 114 valence electrons. The number of nitrogens with one attached hydrogen (secondary N) is 1. The third-order valence-corrected chi connectivity index (χ3v) is 5.02. The van der Waals surface area contributed by atoms with Crippen LogP contribution < -0.4 is 5.32 Å². The molecule has 23 heavy (non-hydrogen) atoms. The molecule has 1 aliphatic heterocycles. The maximum absolute atomic E-state index is 4.36.